The van der Waals surface area contributed by atoms with E-state index in [1.807, 2.05) is 6.08 Å². The molecule has 0 bridgehead atoms. The second-order valence-electron chi connectivity index (χ2n) is 6.11. The van der Waals surface area contributed by atoms with Crippen molar-refractivity contribution >= 4 is 24.5 Å². The molecular weight excluding hydrogens is 360 g/mol. The van der Waals surface area contributed by atoms with E-state index in [0.29, 0.717) is 35.4 Å². The van der Waals surface area contributed by atoms with Gasteiger partial charge in [-0.25, -0.2) is 29.4 Å². The van der Waals surface area contributed by atoms with Crippen LogP contribution in [0.4, 0.5) is 0 Å². The number of aromatic carboxylic acids is 1. The van der Waals surface area contributed by atoms with Crippen molar-refractivity contribution < 1.29 is 14.7 Å². The van der Waals surface area contributed by atoms with Crippen molar-refractivity contribution in [3.8, 4) is 0 Å². The molecule has 9 heteroatoms. The lowest BCUT2D eigenvalue weighted by Gasteiger charge is -2.32. The lowest BCUT2D eigenvalue weighted by molar-refractivity contribution is -0.104. The van der Waals surface area contributed by atoms with Gasteiger partial charge in [-0.2, -0.15) is 5.10 Å². The van der Waals surface area contributed by atoms with E-state index in [2.05, 4.69) is 25.0 Å². The normalized spacial score (nSPS) is 14.7. The first kappa shape index (κ1) is 17.4. The van der Waals surface area contributed by atoms with Gasteiger partial charge in [0.2, 0.25) is 0 Å². The Bertz CT molecular complexity index is 1050. The second-order valence-corrected chi connectivity index (χ2v) is 6.11. The summed E-state index contributed by atoms with van der Waals surface area (Å²) in [6, 6.07) is 3.58. The van der Waals surface area contributed by atoms with Crippen LogP contribution in [0.25, 0.3) is 12.3 Å². The molecule has 3 aromatic heterocycles. The first-order valence-electron chi connectivity index (χ1n) is 8.34. The highest BCUT2D eigenvalue weighted by atomic mass is 16.4. The highest BCUT2D eigenvalue weighted by Gasteiger charge is 2.40. The third-order valence-electron chi connectivity index (χ3n) is 4.62. The molecule has 0 amide bonds. The smallest absolute Gasteiger partial charge is 0.357 e. The van der Waals surface area contributed by atoms with Gasteiger partial charge in [0, 0.05) is 30.6 Å². The van der Waals surface area contributed by atoms with Crippen molar-refractivity contribution in [2.45, 2.75) is 11.8 Å². The molecule has 138 valence electrons. The number of aldehydes is 1. The van der Waals surface area contributed by atoms with Gasteiger partial charge in [-0.15, -0.1) is 0 Å². The van der Waals surface area contributed by atoms with Gasteiger partial charge in [0.15, 0.2) is 5.69 Å². The number of nitrogens with zero attached hydrogens (tertiary/aromatic N) is 6. The van der Waals surface area contributed by atoms with E-state index in [1.165, 1.54) is 29.6 Å². The van der Waals surface area contributed by atoms with Crippen LogP contribution in [0.5, 0.6) is 0 Å². The Kier molecular flexibility index (Phi) is 4.32. The molecule has 0 saturated carbocycles. The number of aromatic nitrogens is 6. The molecule has 3 heterocycles. The predicted molar refractivity (Wildman–Crippen MR) is 98.2 cm³/mol. The van der Waals surface area contributed by atoms with Crippen molar-refractivity contribution in [3.63, 3.8) is 0 Å². The van der Waals surface area contributed by atoms with Crippen molar-refractivity contribution in [3.05, 3.63) is 77.7 Å². The van der Waals surface area contributed by atoms with E-state index < -0.39 is 11.4 Å². The van der Waals surface area contributed by atoms with Crippen molar-refractivity contribution in [2.75, 3.05) is 0 Å². The van der Waals surface area contributed by atoms with Crippen molar-refractivity contribution in [1.29, 1.82) is 0 Å². The van der Waals surface area contributed by atoms with Crippen LogP contribution in [0.15, 0.2) is 49.3 Å². The van der Waals surface area contributed by atoms with E-state index in [9.17, 15) is 14.7 Å². The predicted octanol–water partition coefficient (Wildman–Crippen LogP) is 1.39. The van der Waals surface area contributed by atoms with Gasteiger partial charge in [-0.3, -0.25) is 4.79 Å². The van der Waals surface area contributed by atoms with Crippen LogP contribution in [0.2, 0.25) is 0 Å². The van der Waals surface area contributed by atoms with Gasteiger partial charge in [0.05, 0.1) is 22.5 Å². The summed E-state index contributed by atoms with van der Waals surface area (Å²) < 4.78 is 1.41. The fourth-order valence-electron chi connectivity index (χ4n) is 3.37. The molecule has 28 heavy (non-hydrogen) atoms. The molecular formula is C19H14N6O3. The van der Waals surface area contributed by atoms with Gasteiger partial charge < -0.3 is 5.11 Å². The summed E-state index contributed by atoms with van der Waals surface area (Å²) in [5.74, 6) is -1.14. The monoisotopic (exact) mass is 374 g/mol. The zero-order chi connectivity index (χ0) is 19.6. The largest absolute Gasteiger partial charge is 0.476 e. The molecule has 0 spiro atoms. The second kappa shape index (κ2) is 6.95. The summed E-state index contributed by atoms with van der Waals surface area (Å²) in [7, 11) is 0. The Morgan fingerprint density at radius 1 is 1.14 bits per heavy atom. The summed E-state index contributed by atoms with van der Waals surface area (Å²) in [5, 5.41) is 13.6. The number of rotatable bonds is 5. The number of carboxylic acids is 1. The van der Waals surface area contributed by atoms with E-state index in [-0.39, 0.29) is 5.69 Å². The fourth-order valence-corrected chi connectivity index (χ4v) is 3.37. The summed E-state index contributed by atoms with van der Waals surface area (Å²) in [4.78, 5) is 39.2. The number of hydrogen-bond donors (Lipinski definition) is 1. The Labute approximate surface area is 159 Å². The minimum absolute atomic E-state index is 0.0826. The maximum atomic E-state index is 11.6. The molecule has 0 radical (unpaired) electrons. The molecule has 0 aromatic carbocycles. The van der Waals surface area contributed by atoms with Gasteiger partial charge in [-0.1, -0.05) is 12.2 Å². The van der Waals surface area contributed by atoms with Crippen LogP contribution in [-0.4, -0.2) is 47.1 Å². The molecule has 0 fully saturated rings. The number of allylic oxidation sites excluding steroid dienone is 2. The summed E-state index contributed by atoms with van der Waals surface area (Å²) >= 11 is 0. The Balaban J connectivity index is 1.95. The Morgan fingerprint density at radius 2 is 1.82 bits per heavy atom. The lowest BCUT2D eigenvalue weighted by Crippen LogP contribution is -2.33. The third-order valence-corrected chi connectivity index (χ3v) is 4.62. The maximum absolute atomic E-state index is 11.6. The van der Waals surface area contributed by atoms with E-state index in [0.717, 1.165) is 0 Å². The average Bonchev–Trinajstić information content (AvgIpc) is 3.11. The number of carbonyl (C=O) groups is 2. The molecule has 0 aliphatic heterocycles. The molecule has 0 unspecified atom stereocenters. The molecule has 9 nitrogen and oxygen atoms in total. The molecule has 0 saturated heterocycles. The van der Waals surface area contributed by atoms with Crippen LogP contribution >= 0.6 is 0 Å². The minimum atomic E-state index is -1.14. The van der Waals surface area contributed by atoms with E-state index >= 15 is 0 Å². The standard InChI is InChI=1S/C19H14N6O3/c26-9-1-8-25-14-10-19(15-3-6-20-11-22-15,16-4-7-21-12-23-16)5-2-13(14)17(24-25)18(27)28/h1-9,11-12H,10H2,(H,27,28). The van der Waals surface area contributed by atoms with Gasteiger partial charge >= 0.3 is 5.97 Å². The summed E-state index contributed by atoms with van der Waals surface area (Å²) in [6.07, 6.45) is 13.4. The van der Waals surface area contributed by atoms with E-state index in [1.54, 1.807) is 30.6 Å². The average molecular weight is 374 g/mol. The fraction of sp³-hybridized carbons (Fsp3) is 0.105. The molecule has 1 aliphatic carbocycles. The topological polar surface area (TPSA) is 124 Å². The molecule has 1 aliphatic rings. The quantitative estimate of drug-likeness (QED) is 0.525. The molecule has 3 aromatic rings. The molecule has 0 atom stereocenters. The molecule has 1 N–H and O–H groups in total. The van der Waals surface area contributed by atoms with Crippen LogP contribution in [0.3, 0.4) is 0 Å². The van der Waals surface area contributed by atoms with Crippen LogP contribution in [0, 0.1) is 0 Å². The first-order chi connectivity index (χ1) is 13.7. The zero-order valence-electron chi connectivity index (χ0n) is 14.5. The number of carboxylic acid groups (broad SMARTS) is 1. The first-order valence-corrected chi connectivity index (χ1v) is 8.34. The third kappa shape index (κ3) is 2.78. The highest BCUT2D eigenvalue weighted by molar-refractivity contribution is 5.91. The highest BCUT2D eigenvalue weighted by Crippen LogP contribution is 2.40. The Hall–Kier alpha value is -4.01. The van der Waals surface area contributed by atoms with Crippen LogP contribution < -0.4 is 0 Å². The van der Waals surface area contributed by atoms with Crippen LogP contribution in [0.1, 0.15) is 33.1 Å². The van der Waals surface area contributed by atoms with Crippen molar-refractivity contribution in [1.82, 2.24) is 29.7 Å². The van der Waals surface area contributed by atoms with Crippen LogP contribution in [-0.2, 0) is 16.6 Å². The number of carbonyl (C=O) groups excluding carboxylic acids is 1. The van der Waals surface area contributed by atoms with Gasteiger partial charge in [-0.05, 0) is 18.2 Å². The van der Waals surface area contributed by atoms with Crippen molar-refractivity contribution in [2.24, 2.45) is 0 Å². The van der Waals surface area contributed by atoms with E-state index in [4.69, 9.17) is 0 Å². The Morgan fingerprint density at radius 3 is 2.36 bits per heavy atom. The summed E-state index contributed by atoms with van der Waals surface area (Å²) in [5.41, 5.74) is 1.68. The van der Waals surface area contributed by atoms with Gasteiger partial charge in [0.1, 0.15) is 18.9 Å². The van der Waals surface area contributed by atoms with Gasteiger partial charge in [0.25, 0.3) is 0 Å². The lowest BCUT2D eigenvalue weighted by atomic mass is 9.73. The zero-order valence-corrected chi connectivity index (χ0v) is 14.5. The minimum Gasteiger partial charge on any atom is -0.476 e. The SMILES string of the molecule is O=CC=Cn1nc(C(=O)O)c2c1CC(c1ccncn1)(c1ccncn1)C=C2. The number of hydrogen-bond acceptors (Lipinski definition) is 7. The number of fused-ring (bicyclic) bond motifs is 1. The summed E-state index contributed by atoms with van der Waals surface area (Å²) in [6.45, 7) is 0. The maximum Gasteiger partial charge on any atom is 0.357 e. The molecule has 4 rings (SSSR count).